The Morgan fingerprint density at radius 2 is 1.16 bits per heavy atom. The van der Waals surface area contributed by atoms with Crippen LogP contribution in [0.5, 0.6) is 0 Å². The van der Waals surface area contributed by atoms with Crippen LogP contribution in [0.2, 0.25) is 0 Å². The summed E-state index contributed by atoms with van der Waals surface area (Å²) in [4.78, 5) is 17.7. The van der Waals surface area contributed by atoms with Gasteiger partial charge in [0.15, 0.2) is 11.3 Å². The molecule has 1 saturated heterocycles. The van der Waals surface area contributed by atoms with Crippen molar-refractivity contribution in [1.29, 1.82) is 0 Å². The first kappa shape index (κ1) is 32.2. The summed E-state index contributed by atoms with van der Waals surface area (Å²) in [5.74, 6) is -0.217. The molecule has 1 aliphatic heterocycles. The topological polar surface area (TPSA) is 53.6 Å². The van der Waals surface area contributed by atoms with Gasteiger partial charge in [-0.2, -0.15) is 0 Å². The fraction of sp³-hybridized carbons (Fsp3) is 0.256. The second kappa shape index (κ2) is 12.7. The molecule has 2 aromatic heterocycles. The first-order chi connectivity index (χ1) is 24.4. The van der Waals surface area contributed by atoms with Gasteiger partial charge in [0.25, 0.3) is 5.91 Å². The number of aromatic nitrogens is 2. The van der Waals surface area contributed by atoms with Crippen LogP contribution in [-0.4, -0.2) is 54.4 Å². The Morgan fingerprint density at radius 1 is 0.680 bits per heavy atom. The molecule has 252 valence electrons. The number of rotatable bonds is 6. The Kier molecular flexibility index (Phi) is 8.20. The third-order valence-corrected chi connectivity index (χ3v) is 11.2. The number of aliphatic hydroxyl groups is 1. The van der Waals surface area contributed by atoms with Crippen LogP contribution in [0, 0.1) is 0 Å². The molecule has 2 fully saturated rings. The number of carbonyl (C=O) groups excluding carboxylic acids is 1. The summed E-state index contributed by atoms with van der Waals surface area (Å²) >= 11 is 5.71. The van der Waals surface area contributed by atoms with Gasteiger partial charge in [-0.25, -0.2) is 0 Å². The molecule has 0 spiro atoms. The quantitative estimate of drug-likeness (QED) is 0.148. The van der Waals surface area contributed by atoms with E-state index in [2.05, 4.69) is 120 Å². The van der Waals surface area contributed by atoms with Gasteiger partial charge in [0.05, 0.1) is 5.57 Å². The Bertz CT molecular complexity index is 2410. The number of nitrogens with zero attached hydrogens (tertiary/aromatic N) is 4. The molecule has 8 rings (SSSR count). The first-order valence-electron chi connectivity index (χ1n) is 17.9. The lowest BCUT2D eigenvalue weighted by Crippen LogP contribution is -2.58. The molecular formula is C43H42N4O2S. The second-order valence-corrected chi connectivity index (χ2v) is 13.5. The largest absolute Gasteiger partial charge is 0.369 e. The van der Waals surface area contributed by atoms with E-state index in [-0.39, 0.29) is 5.91 Å². The standard InChI is InChI=1S/C43H42N4O2S/c1-5-44-33(31-17-9-13-27-15-11-19-35(44)38(27)31)25-23-29-21-22-30(37(29)40-41(48)46(7-3)43(50)47(8-4)42(40)49)24-26-34-32-18-10-14-28-16-12-20-36(39(28)32)45(34)6-2/h9-20,23-26,41,48H,5-8,21-22H2,1-4H3/b29-23-,30-24+,33-25-,34-26-,40-37?. The van der Waals surface area contributed by atoms with Crippen LogP contribution < -0.4 is 10.7 Å². The van der Waals surface area contributed by atoms with E-state index in [1.807, 2.05) is 13.8 Å². The summed E-state index contributed by atoms with van der Waals surface area (Å²) in [5.41, 5.74) is 5.78. The molecule has 2 aliphatic rings. The molecule has 1 unspecified atom stereocenters. The molecule has 6 aromatic rings. The molecule has 1 N–H and O–H groups in total. The van der Waals surface area contributed by atoms with Gasteiger partial charge in [0, 0.05) is 69.5 Å². The molecule has 1 amide bonds. The van der Waals surface area contributed by atoms with Gasteiger partial charge in [-0.3, -0.25) is 9.69 Å². The minimum atomic E-state index is -1.13. The lowest BCUT2D eigenvalue weighted by molar-refractivity contribution is -0.128. The number of hydrogen-bond acceptors (Lipinski definition) is 3. The van der Waals surface area contributed by atoms with Gasteiger partial charge in [-0.05, 0) is 105 Å². The minimum Gasteiger partial charge on any atom is -0.369 e. The molecule has 0 bridgehead atoms. The smallest absolute Gasteiger partial charge is 0.261 e. The van der Waals surface area contributed by atoms with E-state index in [9.17, 15) is 9.90 Å². The maximum Gasteiger partial charge on any atom is 0.261 e. The number of likely N-dealkylation sites (N-methyl/N-ethyl adjacent to an activating group) is 2. The van der Waals surface area contributed by atoms with E-state index >= 15 is 0 Å². The molecule has 6 nitrogen and oxygen atoms in total. The molecule has 0 radical (unpaired) electrons. The van der Waals surface area contributed by atoms with Crippen molar-refractivity contribution in [2.75, 3.05) is 13.1 Å². The predicted octanol–water partition coefficient (Wildman–Crippen LogP) is 7.37. The zero-order valence-corrected chi connectivity index (χ0v) is 29.9. The van der Waals surface area contributed by atoms with Crippen LogP contribution in [0.25, 0.3) is 55.5 Å². The number of allylic oxidation sites excluding steroid dienone is 5. The number of aryl methyl sites for hydroxylation is 2. The first-order valence-corrected chi connectivity index (χ1v) is 18.3. The Balaban J connectivity index is 1.38. The third kappa shape index (κ3) is 4.78. The van der Waals surface area contributed by atoms with E-state index in [0.717, 1.165) is 53.3 Å². The van der Waals surface area contributed by atoms with Crippen LogP contribution >= 0.6 is 12.2 Å². The van der Waals surface area contributed by atoms with E-state index in [1.54, 1.807) is 9.80 Å². The Morgan fingerprint density at radius 3 is 1.60 bits per heavy atom. The fourth-order valence-corrected chi connectivity index (χ4v) is 8.90. The van der Waals surface area contributed by atoms with Crippen molar-refractivity contribution in [2.45, 2.75) is 59.9 Å². The lowest BCUT2D eigenvalue weighted by atomic mass is 9.94. The molecule has 1 saturated carbocycles. The van der Waals surface area contributed by atoms with E-state index in [4.69, 9.17) is 12.2 Å². The number of amides is 1. The highest BCUT2D eigenvalue weighted by Crippen LogP contribution is 2.41. The number of carbonyl (C=O) groups is 1. The van der Waals surface area contributed by atoms with Crippen LogP contribution in [0.4, 0.5) is 0 Å². The zero-order chi connectivity index (χ0) is 34.7. The van der Waals surface area contributed by atoms with E-state index in [0.29, 0.717) is 23.8 Å². The third-order valence-electron chi connectivity index (χ3n) is 10.7. The summed E-state index contributed by atoms with van der Waals surface area (Å²) in [7, 11) is 0. The van der Waals surface area contributed by atoms with Gasteiger partial charge in [-0.15, -0.1) is 0 Å². The summed E-state index contributed by atoms with van der Waals surface area (Å²) in [6, 6.07) is 26.0. The number of hydrogen-bond donors (Lipinski definition) is 1. The van der Waals surface area contributed by atoms with Crippen molar-refractivity contribution in [3.63, 3.8) is 0 Å². The van der Waals surface area contributed by atoms with Crippen LogP contribution in [0.1, 0.15) is 40.5 Å². The van der Waals surface area contributed by atoms with Crippen molar-refractivity contribution in [3.05, 3.63) is 118 Å². The van der Waals surface area contributed by atoms with E-state index in [1.165, 1.54) is 43.4 Å². The zero-order valence-electron chi connectivity index (χ0n) is 29.1. The fourth-order valence-electron chi connectivity index (χ4n) is 8.46. The average molecular weight is 679 g/mol. The van der Waals surface area contributed by atoms with Crippen molar-refractivity contribution in [3.8, 4) is 0 Å². The number of aliphatic hydroxyl groups excluding tert-OH is 1. The minimum absolute atomic E-state index is 0.217. The van der Waals surface area contributed by atoms with Gasteiger partial charge < -0.3 is 19.1 Å². The summed E-state index contributed by atoms with van der Waals surface area (Å²) in [6.07, 6.45) is 9.18. The summed E-state index contributed by atoms with van der Waals surface area (Å²) in [5, 5.41) is 22.0. The SMILES string of the molecule is CCN1C(=O)C(=C2/C(=C\C=c3\c4cccc5cccc(c54)n3CC)CC/C2=C\C=c2\c3cccc4cccc(c43)n2CC)C(O)N(CC)C1=S. The van der Waals surface area contributed by atoms with Crippen LogP contribution in [0.3, 0.4) is 0 Å². The second-order valence-electron chi connectivity index (χ2n) is 13.1. The van der Waals surface area contributed by atoms with Crippen LogP contribution in [-0.2, 0) is 17.9 Å². The van der Waals surface area contributed by atoms with Crippen LogP contribution in [0.15, 0.2) is 107 Å². The molecule has 1 aliphatic carbocycles. The number of thiocarbonyl (C=S) groups is 1. The van der Waals surface area contributed by atoms with Gasteiger partial charge in [-0.1, -0.05) is 72.8 Å². The maximum atomic E-state index is 14.3. The van der Waals surface area contributed by atoms with E-state index < -0.39 is 6.23 Å². The molecular weight excluding hydrogens is 637 g/mol. The Hall–Kier alpha value is -4.98. The molecule has 3 heterocycles. The average Bonchev–Trinajstić information content (AvgIpc) is 3.78. The van der Waals surface area contributed by atoms with Gasteiger partial charge in [0.2, 0.25) is 0 Å². The monoisotopic (exact) mass is 678 g/mol. The summed E-state index contributed by atoms with van der Waals surface area (Å²) in [6.45, 7) is 10.9. The van der Waals surface area contributed by atoms with Crippen molar-refractivity contribution < 1.29 is 9.90 Å². The Labute approximate surface area is 297 Å². The maximum absolute atomic E-state index is 14.3. The van der Waals surface area contributed by atoms with Gasteiger partial charge in [0.1, 0.15) is 0 Å². The predicted molar refractivity (Wildman–Crippen MR) is 210 cm³/mol. The number of benzene rings is 4. The molecule has 7 heteroatoms. The molecule has 4 aromatic carbocycles. The highest BCUT2D eigenvalue weighted by Gasteiger charge is 2.41. The molecule has 1 atom stereocenters. The van der Waals surface area contributed by atoms with Crippen molar-refractivity contribution >= 4 is 78.7 Å². The molecule has 50 heavy (non-hydrogen) atoms. The van der Waals surface area contributed by atoms with Crippen molar-refractivity contribution in [1.82, 2.24) is 18.9 Å². The lowest BCUT2D eigenvalue weighted by Gasteiger charge is -2.41. The van der Waals surface area contributed by atoms with Crippen molar-refractivity contribution in [2.24, 2.45) is 0 Å². The normalized spacial score (nSPS) is 21.3. The highest BCUT2D eigenvalue weighted by atomic mass is 32.1. The highest BCUT2D eigenvalue weighted by molar-refractivity contribution is 7.80. The summed E-state index contributed by atoms with van der Waals surface area (Å²) < 4.78 is 4.73. The van der Waals surface area contributed by atoms with Gasteiger partial charge >= 0.3 is 0 Å².